The minimum absolute atomic E-state index is 0.112. The Morgan fingerprint density at radius 3 is 3.11 bits per heavy atom. The van der Waals surface area contributed by atoms with Crippen LogP contribution < -0.4 is 11.1 Å². The van der Waals surface area contributed by atoms with Gasteiger partial charge in [-0.1, -0.05) is 12.1 Å². The van der Waals surface area contributed by atoms with Crippen molar-refractivity contribution in [2.45, 2.75) is 25.7 Å². The first-order valence-corrected chi connectivity index (χ1v) is 6.93. The van der Waals surface area contributed by atoms with Crippen LogP contribution in [0.2, 0.25) is 0 Å². The molecule has 1 amide bonds. The summed E-state index contributed by atoms with van der Waals surface area (Å²) < 4.78 is 5.31. The van der Waals surface area contributed by atoms with Crippen LogP contribution in [0.5, 0.6) is 0 Å². The number of carbonyl (C=O) groups is 1. The van der Waals surface area contributed by atoms with E-state index in [2.05, 4.69) is 5.32 Å². The zero-order valence-corrected chi connectivity index (χ0v) is 11.2. The highest BCUT2D eigenvalue weighted by atomic mass is 16.5. The van der Waals surface area contributed by atoms with Gasteiger partial charge >= 0.3 is 0 Å². The van der Waals surface area contributed by atoms with Crippen LogP contribution in [-0.2, 0) is 16.0 Å². The average molecular weight is 262 g/mol. The quantitative estimate of drug-likeness (QED) is 0.768. The first-order valence-electron chi connectivity index (χ1n) is 6.93. The molecular weight excluding hydrogens is 240 g/mol. The summed E-state index contributed by atoms with van der Waals surface area (Å²) in [6.45, 7) is 2.47. The zero-order valence-electron chi connectivity index (χ0n) is 11.2. The van der Waals surface area contributed by atoms with Crippen molar-refractivity contribution in [3.05, 3.63) is 29.8 Å². The van der Waals surface area contributed by atoms with Crippen LogP contribution in [0.4, 0.5) is 5.69 Å². The second-order valence-corrected chi connectivity index (χ2v) is 5.11. The van der Waals surface area contributed by atoms with Gasteiger partial charge in [0.15, 0.2) is 0 Å². The van der Waals surface area contributed by atoms with Crippen molar-refractivity contribution < 1.29 is 9.53 Å². The van der Waals surface area contributed by atoms with Gasteiger partial charge in [0.25, 0.3) is 0 Å². The van der Waals surface area contributed by atoms with Crippen molar-refractivity contribution in [3.63, 3.8) is 0 Å². The molecule has 1 atom stereocenters. The summed E-state index contributed by atoms with van der Waals surface area (Å²) >= 11 is 0. The largest absolute Gasteiger partial charge is 0.399 e. The van der Waals surface area contributed by atoms with Gasteiger partial charge in [0, 0.05) is 31.9 Å². The molecule has 0 saturated carbocycles. The van der Waals surface area contributed by atoms with Gasteiger partial charge in [0.2, 0.25) is 5.91 Å². The lowest BCUT2D eigenvalue weighted by Gasteiger charge is -2.09. The lowest BCUT2D eigenvalue weighted by atomic mass is 10.1. The summed E-state index contributed by atoms with van der Waals surface area (Å²) in [7, 11) is 0. The second kappa shape index (κ2) is 7.14. The minimum Gasteiger partial charge on any atom is -0.399 e. The van der Waals surface area contributed by atoms with E-state index in [0.717, 1.165) is 50.3 Å². The van der Waals surface area contributed by atoms with Gasteiger partial charge < -0.3 is 15.8 Å². The summed E-state index contributed by atoms with van der Waals surface area (Å²) in [6.07, 6.45) is 3.40. The third-order valence-electron chi connectivity index (χ3n) is 3.49. The van der Waals surface area contributed by atoms with Crippen LogP contribution in [0.25, 0.3) is 0 Å². The number of nitrogens with one attached hydrogen (secondary N) is 1. The zero-order chi connectivity index (χ0) is 13.5. The third kappa shape index (κ3) is 4.91. The van der Waals surface area contributed by atoms with E-state index in [4.69, 9.17) is 10.5 Å². The Morgan fingerprint density at radius 1 is 1.47 bits per heavy atom. The first-order chi connectivity index (χ1) is 9.24. The number of carbonyl (C=O) groups excluding carboxylic acids is 1. The van der Waals surface area contributed by atoms with E-state index in [1.54, 1.807) is 0 Å². The van der Waals surface area contributed by atoms with Crippen LogP contribution in [0.15, 0.2) is 24.3 Å². The maximum absolute atomic E-state index is 11.7. The Bertz CT molecular complexity index is 414. The molecule has 1 fully saturated rings. The van der Waals surface area contributed by atoms with Gasteiger partial charge in [-0.25, -0.2) is 0 Å². The van der Waals surface area contributed by atoms with Crippen LogP contribution >= 0.6 is 0 Å². The van der Waals surface area contributed by atoms with E-state index >= 15 is 0 Å². The molecule has 1 saturated heterocycles. The van der Waals surface area contributed by atoms with E-state index in [1.807, 2.05) is 24.3 Å². The van der Waals surface area contributed by atoms with E-state index in [-0.39, 0.29) is 5.91 Å². The number of aryl methyl sites for hydroxylation is 1. The van der Waals surface area contributed by atoms with Gasteiger partial charge in [-0.2, -0.15) is 0 Å². The van der Waals surface area contributed by atoms with E-state index in [9.17, 15) is 4.79 Å². The maximum atomic E-state index is 11.7. The molecule has 4 heteroatoms. The van der Waals surface area contributed by atoms with Crippen molar-refractivity contribution in [3.8, 4) is 0 Å². The van der Waals surface area contributed by atoms with Crippen molar-refractivity contribution >= 4 is 11.6 Å². The lowest BCUT2D eigenvalue weighted by Crippen LogP contribution is -2.26. The Labute approximate surface area is 114 Å². The fourth-order valence-corrected chi connectivity index (χ4v) is 2.32. The molecule has 4 nitrogen and oxygen atoms in total. The number of benzene rings is 1. The van der Waals surface area contributed by atoms with Crippen LogP contribution in [0.3, 0.4) is 0 Å². The van der Waals surface area contributed by atoms with Crippen molar-refractivity contribution in [1.82, 2.24) is 5.32 Å². The Kier molecular flexibility index (Phi) is 5.21. The summed E-state index contributed by atoms with van der Waals surface area (Å²) in [5.41, 5.74) is 7.56. The first kappa shape index (κ1) is 13.9. The number of amides is 1. The fourth-order valence-electron chi connectivity index (χ4n) is 2.32. The molecule has 0 aromatic heterocycles. The summed E-state index contributed by atoms with van der Waals surface area (Å²) in [6, 6.07) is 7.69. The van der Waals surface area contributed by atoms with Crippen LogP contribution in [-0.4, -0.2) is 25.7 Å². The summed E-state index contributed by atoms with van der Waals surface area (Å²) in [5.74, 6) is 0.732. The number of anilines is 1. The van der Waals surface area contributed by atoms with Crippen molar-refractivity contribution in [2.75, 3.05) is 25.5 Å². The topological polar surface area (TPSA) is 64.4 Å². The molecule has 1 unspecified atom stereocenters. The highest BCUT2D eigenvalue weighted by Crippen LogP contribution is 2.15. The molecule has 2 rings (SSSR count). The fraction of sp³-hybridized carbons (Fsp3) is 0.533. The molecule has 0 radical (unpaired) electrons. The Hall–Kier alpha value is -1.55. The maximum Gasteiger partial charge on any atom is 0.220 e. The lowest BCUT2D eigenvalue weighted by molar-refractivity contribution is -0.121. The highest BCUT2D eigenvalue weighted by Gasteiger charge is 2.15. The number of nitrogen functional groups attached to an aromatic ring is 1. The number of rotatable bonds is 6. The van der Waals surface area contributed by atoms with Gasteiger partial charge in [0.1, 0.15) is 0 Å². The molecule has 1 aromatic rings. The highest BCUT2D eigenvalue weighted by molar-refractivity contribution is 5.76. The molecule has 0 spiro atoms. The normalized spacial score (nSPS) is 18.4. The minimum atomic E-state index is 0.112. The predicted molar refractivity (Wildman–Crippen MR) is 75.7 cm³/mol. The Morgan fingerprint density at radius 2 is 2.37 bits per heavy atom. The predicted octanol–water partition coefficient (Wildman–Crippen LogP) is 1.74. The van der Waals surface area contributed by atoms with Gasteiger partial charge in [-0.15, -0.1) is 0 Å². The van der Waals surface area contributed by atoms with Crippen LogP contribution in [0, 0.1) is 5.92 Å². The van der Waals surface area contributed by atoms with E-state index < -0.39 is 0 Å². The number of hydrogen-bond donors (Lipinski definition) is 2. The average Bonchev–Trinajstić information content (AvgIpc) is 2.90. The number of hydrogen-bond acceptors (Lipinski definition) is 3. The van der Waals surface area contributed by atoms with E-state index in [1.165, 1.54) is 0 Å². The Balaban J connectivity index is 1.61. The molecule has 1 aromatic carbocycles. The third-order valence-corrected chi connectivity index (χ3v) is 3.49. The molecule has 1 aliphatic rings. The van der Waals surface area contributed by atoms with Crippen molar-refractivity contribution in [1.29, 1.82) is 0 Å². The SMILES string of the molecule is Nc1cccc(CCC(=O)NCCC2CCOC2)c1. The monoisotopic (exact) mass is 262 g/mol. The molecule has 104 valence electrons. The second-order valence-electron chi connectivity index (χ2n) is 5.11. The number of ether oxygens (including phenoxy) is 1. The molecular formula is C15H22N2O2. The van der Waals surface area contributed by atoms with Crippen LogP contribution in [0.1, 0.15) is 24.8 Å². The summed E-state index contributed by atoms with van der Waals surface area (Å²) in [5, 5.41) is 2.97. The van der Waals surface area contributed by atoms with Crippen molar-refractivity contribution in [2.24, 2.45) is 5.92 Å². The smallest absolute Gasteiger partial charge is 0.220 e. The molecule has 0 aliphatic carbocycles. The van der Waals surface area contributed by atoms with E-state index in [0.29, 0.717) is 12.3 Å². The standard InChI is InChI=1S/C15H22N2O2/c16-14-3-1-2-12(10-14)4-5-15(18)17-8-6-13-7-9-19-11-13/h1-3,10,13H,4-9,11,16H2,(H,17,18). The molecule has 19 heavy (non-hydrogen) atoms. The molecule has 1 heterocycles. The number of nitrogens with two attached hydrogens (primary N) is 1. The van der Waals surface area contributed by atoms with Gasteiger partial charge in [-0.05, 0) is 42.9 Å². The van der Waals surface area contributed by atoms with Gasteiger partial charge in [0.05, 0.1) is 0 Å². The molecule has 1 aliphatic heterocycles. The molecule has 0 bridgehead atoms. The summed E-state index contributed by atoms with van der Waals surface area (Å²) in [4.78, 5) is 11.7. The molecule has 3 N–H and O–H groups in total. The van der Waals surface area contributed by atoms with Gasteiger partial charge in [-0.3, -0.25) is 4.79 Å².